The Hall–Kier alpha value is -2.42. The zero-order chi connectivity index (χ0) is 20.9. The van der Waals surface area contributed by atoms with Crippen LogP contribution in [0.25, 0.3) is 0 Å². The maximum Gasteiger partial charge on any atom is 0.254 e. The summed E-state index contributed by atoms with van der Waals surface area (Å²) in [5, 5.41) is 2.50. The van der Waals surface area contributed by atoms with Gasteiger partial charge in [0.1, 0.15) is 5.75 Å². The molecule has 1 saturated heterocycles. The van der Waals surface area contributed by atoms with Crippen LogP contribution in [0.3, 0.4) is 0 Å². The van der Waals surface area contributed by atoms with Gasteiger partial charge in [0, 0.05) is 32.2 Å². The van der Waals surface area contributed by atoms with Crippen molar-refractivity contribution < 1.29 is 22.7 Å². The number of hydrogen-bond acceptors (Lipinski definition) is 5. The Morgan fingerprint density at radius 3 is 2.45 bits per heavy atom. The monoisotopic (exact) mass is 418 g/mol. The van der Waals surface area contributed by atoms with Gasteiger partial charge in [-0.15, -0.1) is 0 Å². The summed E-state index contributed by atoms with van der Waals surface area (Å²) in [6, 6.07) is 14.2. The number of nitrogens with one attached hydrogen (secondary N) is 2. The predicted octanol–water partition coefficient (Wildman–Crippen LogP) is 2.08. The van der Waals surface area contributed by atoms with Crippen molar-refractivity contribution in [3.05, 3.63) is 59.7 Å². The van der Waals surface area contributed by atoms with E-state index in [2.05, 4.69) is 10.0 Å². The van der Waals surface area contributed by atoms with Crippen molar-refractivity contribution in [2.45, 2.75) is 23.2 Å². The third kappa shape index (κ3) is 4.60. The first-order chi connectivity index (χ1) is 13.9. The van der Waals surface area contributed by atoms with Gasteiger partial charge < -0.3 is 14.8 Å². The molecule has 0 radical (unpaired) electrons. The maximum absolute atomic E-state index is 13.0. The average Bonchev–Trinajstić information content (AvgIpc) is 2.78. The number of hydrogen-bond donors (Lipinski definition) is 2. The summed E-state index contributed by atoms with van der Waals surface area (Å²) in [7, 11) is -0.906. The number of rotatable bonds is 7. The summed E-state index contributed by atoms with van der Waals surface area (Å²) in [5.74, 6) is -0.0995. The van der Waals surface area contributed by atoms with Crippen LogP contribution in [0.4, 0.5) is 0 Å². The van der Waals surface area contributed by atoms with Crippen LogP contribution in [-0.4, -0.2) is 48.2 Å². The average molecular weight is 419 g/mol. The Kier molecular flexibility index (Phi) is 6.56. The van der Waals surface area contributed by atoms with Crippen molar-refractivity contribution in [2.24, 2.45) is 0 Å². The minimum absolute atomic E-state index is 0.0205. The minimum Gasteiger partial charge on any atom is -0.496 e. The number of ether oxygens (including phenoxy) is 2. The van der Waals surface area contributed by atoms with Gasteiger partial charge in [0.05, 0.1) is 17.6 Å². The van der Waals surface area contributed by atoms with Crippen molar-refractivity contribution in [2.75, 3.05) is 33.9 Å². The minimum atomic E-state index is -3.82. The van der Waals surface area contributed by atoms with Crippen LogP contribution in [-0.2, 0) is 20.2 Å². The quantitative estimate of drug-likeness (QED) is 0.718. The lowest BCUT2D eigenvalue weighted by molar-refractivity contribution is 0.0517. The fraction of sp³-hybridized carbons (Fsp3) is 0.381. The second-order valence-electron chi connectivity index (χ2n) is 7.02. The second kappa shape index (κ2) is 8.94. The van der Waals surface area contributed by atoms with Gasteiger partial charge in [-0.25, -0.2) is 13.1 Å². The molecular weight excluding hydrogens is 392 g/mol. The second-order valence-corrected chi connectivity index (χ2v) is 8.79. The van der Waals surface area contributed by atoms with Crippen LogP contribution in [0.2, 0.25) is 0 Å². The molecule has 2 N–H and O–H groups in total. The first-order valence-corrected chi connectivity index (χ1v) is 10.9. The van der Waals surface area contributed by atoms with E-state index in [1.54, 1.807) is 0 Å². The van der Waals surface area contributed by atoms with Crippen LogP contribution >= 0.6 is 0 Å². The van der Waals surface area contributed by atoms with Gasteiger partial charge in [-0.1, -0.05) is 30.3 Å². The fourth-order valence-corrected chi connectivity index (χ4v) is 4.76. The number of sulfonamides is 1. The van der Waals surface area contributed by atoms with Gasteiger partial charge in [0.2, 0.25) is 10.0 Å². The predicted molar refractivity (Wildman–Crippen MR) is 110 cm³/mol. The van der Waals surface area contributed by atoms with Crippen molar-refractivity contribution in [1.82, 2.24) is 10.0 Å². The molecule has 0 bridgehead atoms. The molecule has 2 aromatic rings. The molecule has 1 fully saturated rings. The number of benzene rings is 2. The Morgan fingerprint density at radius 1 is 1.14 bits per heavy atom. The molecule has 0 atom stereocenters. The Balaban J connectivity index is 1.88. The number of amides is 1. The van der Waals surface area contributed by atoms with Crippen LogP contribution < -0.4 is 14.8 Å². The zero-order valence-electron chi connectivity index (χ0n) is 16.6. The van der Waals surface area contributed by atoms with Crippen LogP contribution in [0.15, 0.2) is 53.4 Å². The molecule has 29 heavy (non-hydrogen) atoms. The molecule has 7 nitrogen and oxygen atoms in total. The molecule has 8 heteroatoms. The van der Waals surface area contributed by atoms with E-state index in [1.165, 1.54) is 32.4 Å². The molecule has 1 amide bonds. The van der Waals surface area contributed by atoms with Crippen molar-refractivity contribution in [3.63, 3.8) is 0 Å². The number of carbonyl (C=O) groups excluding carboxylic acids is 1. The van der Waals surface area contributed by atoms with E-state index < -0.39 is 15.9 Å². The highest BCUT2D eigenvalue weighted by Gasteiger charge is 2.35. The molecule has 0 spiro atoms. The summed E-state index contributed by atoms with van der Waals surface area (Å²) in [6.07, 6.45) is 1.46. The van der Waals surface area contributed by atoms with E-state index in [9.17, 15) is 13.2 Å². The zero-order valence-corrected chi connectivity index (χ0v) is 17.4. The summed E-state index contributed by atoms with van der Waals surface area (Å²) < 4.78 is 39.4. The van der Waals surface area contributed by atoms with Crippen molar-refractivity contribution in [3.8, 4) is 5.75 Å². The van der Waals surface area contributed by atoms with E-state index in [0.29, 0.717) is 19.0 Å². The molecule has 0 unspecified atom stereocenters. The Bertz CT molecular complexity index is 954. The standard InChI is InChI=1S/C21H26N2O5S/c1-22-20(24)18-14-17(8-9-19(18)27-2)29(25,26)23-15-21(10-12-28-13-11-21)16-6-4-3-5-7-16/h3-9,14,23H,10-13,15H2,1-2H3,(H,22,24). The topological polar surface area (TPSA) is 93.7 Å². The lowest BCUT2D eigenvalue weighted by Crippen LogP contribution is -2.44. The Morgan fingerprint density at radius 2 is 1.83 bits per heavy atom. The van der Waals surface area contributed by atoms with Crippen LogP contribution in [0, 0.1) is 0 Å². The van der Waals surface area contributed by atoms with Gasteiger partial charge in [-0.3, -0.25) is 4.79 Å². The lowest BCUT2D eigenvalue weighted by Gasteiger charge is -2.37. The van der Waals surface area contributed by atoms with E-state index in [-0.39, 0.29) is 22.4 Å². The van der Waals surface area contributed by atoms with E-state index >= 15 is 0 Å². The molecule has 0 aliphatic carbocycles. The first-order valence-electron chi connectivity index (χ1n) is 9.45. The highest BCUT2D eigenvalue weighted by molar-refractivity contribution is 7.89. The molecule has 1 aliphatic heterocycles. The first kappa shape index (κ1) is 21.3. The highest BCUT2D eigenvalue weighted by atomic mass is 32.2. The number of carbonyl (C=O) groups is 1. The van der Waals surface area contributed by atoms with Gasteiger partial charge >= 0.3 is 0 Å². The number of methoxy groups -OCH3 is 1. The fourth-order valence-electron chi connectivity index (χ4n) is 3.60. The molecule has 156 valence electrons. The summed E-state index contributed by atoms with van der Waals surface area (Å²) >= 11 is 0. The normalized spacial score (nSPS) is 16.2. The molecular formula is C21H26N2O5S. The van der Waals surface area contributed by atoms with Crippen LogP contribution in [0.5, 0.6) is 5.75 Å². The summed E-state index contributed by atoms with van der Waals surface area (Å²) in [5.41, 5.74) is 0.927. The van der Waals surface area contributed by atoms with Crippen molar-refractivity contribution in [1.29, 1.82) is 0 Å². The summed E-state index contributed by atoms with van der Waals surface area (Å²) in [6.45, 7) is 1.42. The molecule has 2 aromatic carbocycles. The van der Waals surface area contributed by atoms with E-state index in [0.717, 1.165) is 18.4 Å². The SMILES string of the molecule is CNC(=O)c1cc(S(=O)(=O)NCC2(c3ccccc3)CCOCC2)ccc1OC. The molecule has 1 heterocycles. The molecule has 3 rings (SSSR count). The van der Waals surface area contributed by atoms with Crippen LogP contribution in [0.1, 0.15) is 28.8 Å². The lowest BCUT2D eigenvalue weighted by atomic mass is 9.74. The molecule has 0 aromatic heterocycles. The van der Waals surface area contributed by atoms with Gasteiger partial charge in [0.25, 0.3) is 5.91 Å². The third-order valence-corrected chi connectivity index (χ3v) is 6.79. The molecule has 1 aliphatic rings. The van der Waals surface area contributed by atoms with Gasteiger partial charge in [-0.05, 0) is 36.6 Å². The highest BCUT2D eigenvalue weighted by Crippen LogP contribution is 2.34. The third-order valence-electron chi connectivity index (χ3n) is 5.39. The molecule has 0 saturated carbocycles. The largest absolute Gasteiger partial charge is 0.496 e. The van der Waals surface area contributed by atoms with Gasteiger partial charge in [0.15, 0.2) is 0 Å². The van der Waals surface area contributed by atoms with Gasteiger partial charge in [-0.2, -0.15) is 0 Å². The smallest absolute Gasteiger partial charge is 0.254 e. The van der Waals surface area contributed by atoms with Crippen molar-refractivity contribution >= 4 is 15.9 Å². The Labute approximate surface area is 171 Å². The van der Waals surface area contributed by atoms with E-state index in [1.807, 2.05) is 30.3 Å². The maximum atomic E-state index is 13.0. The summed E-state index contributed by atoms with van der Waals surface area (Å²) in [4.78, 5) is 12.1. The van der Waals surface area contributed by atoms with E-state index in [4.69, 9.17) is 9.47 Å².